The zero-order valence-electron chi connectivity index (χ0n) is 21.7. The van der Waals surface area contributed by atoms with Crippen molar-refractivity contribution in [2.75, 3.05) is 26.1 Å². The molecule has 4 rings (SSSR count). The van der Waals surface area contributed by atoms with Crippen LogP contribution in [0, 0.1) is 0 Å². The molecule has 13 heteroatoms. The molecule has 1 aliphatic heterocycles. The molecular weight excluding hydrogens is 500 g/mol. The van der Waals surface area contributed by atoms with E-state index in [4.69, 9.17) is 18.9 Å². The fourth-order valence-corrected chi connectivity index (χ4v) is 5.43. The monoisotopic (exact) mass is 532 g/mol. The number of methoxy groups -OCH3 is 3. The van der Waals surface area contributed by atoms with Crippen molar-refractivity contribution in [1.29, 1.82) is 0 Å². The van der Waals surface area contributed by atoms with E-state index >= 15 is 0 Å². The summed E-state index contributed by atoms with van der Waals surface area (Å²) in [6, 6.07) is 5.29. The number of para-hydroxylation sites is 1. The van der Waals surface area contributed by atoms with Gasteiger partial charge in [-0.25, -0.2) is 18.4 Å². The number of aromatic nitrogens is 5. The van der Waals surface area contributed by atoms with Crippen LogP contribution in [-0.2, 0) is 14.8 Å². The van der Waals surface area contributed by atoms with Crippen LogP contribution >= 0.6 is 0 Å². The third-order valence-electron chi connectivity index (χ3n) is 6.55. The van der Waals surface area contributed by atoms with Crippen molar-refractivity contribution in [3.8, 4) is 22.9 Å². The molecule has 4 atom stereocenters. The van der Waals surface area contributed by atoms with E-state index in [9.17, 15) is 8.42 Å². The Morgan fingerprint density at radius 3 is 2.22 bits per heavy atom. The topological polar surface area (TPSA) is 140 Å². The Kier molecular flexibility index (Phi) is 7.83. The highest BCUT2D eigenvalue weighted by molar-refractivity contribution is 7.93. The Balaban J connectivity index is 1.75. The van der Waals surface area contributed by atoms with Crippen molar-refractivity contribution in [3.05, 3.63) is 42.2 Å². The van der Waals surface area contributed by atoms with Gasteiger partial charge in [-0.2, -0.15) is 0 Å². The number of nitrogens with one attached hydrogen (secondary N) is 1. The second-order valence-electron chi connectivity index (χ2n) is 8.86. The zero-order valence-corrected chi connectivity index (χ0v) is 22.5. The highest BCUT2D eigenvalue weighted by Crippen LogP contribution is 2.40. The summed E-state index contributed by atoms with van der Waals surface area (Å²) in [6.45, 7) is 5.32. The van der Waals surface area contributed by atoms with Gasteiger partial charge in [0, 0.05) is 5.92 Å². The molecule has 1 saturated heterocycles. The smallest absolute Gasteiger partial charge is 0.243 e. The van der Waals surface area contributed by atoms with Crippen LogP contribution in [0.15, 0.2) is 30.6 Å². The molecule has 0 bridgehead atoms. The predicted molar refractivity (Wildman–Crippen MR) is 136 cm³/mol. The third-order valence-corrected chi connectivity index (χ3v) is 8.41. The van der Waals surface area contributed by atoms with Gasteiger partial charge in [-0.1, -0.05) is 13.0 Å². The van der Waals surface area contributed by atoms with Gasteiger partial charge < -0.3 is 18.9 Å². The fraction of sp³-hybridized carbons (Fsp3) is 0.500. The predicted octanol–water partition coefficient (Wildman–Crippen LogP) is 3.26. The number of benzene rings is 1. The third kappa shape index (κ3) is 5.32. The maximum atomic E-state index is 13.5. The van der Waals surface area contributed by atoms with E-state index in [0.29, 0.717) is 41.0 Å². The lowest BCUT2D eigenvalue weighted by molar-refractivity contribution is 0.0492. The van der Waals surface area contributed by atoms with Gasteiger partial charge in [0.1, 0.15) is 29.1 Å². The molecule has 0 radical (unpaired) electrons. The summed E-state index contributed by atoms with van der Waals surface area (Å²) in [6.07, 6.45) is 4.24. The number of sulfonamides is 1. The highest BCUT2D eigenvalue weighted by atomic mass is 32.2. The lowest BCUT2D eigenvalue weighted by Gasteiger charge is -2.22. The van der Waals surface area contributed by atoms with Crippen molar-refractivity contribution < 1.29 is 27.4 Å². The Hall–Kier alpha value is -3.45. The minimum absolute atomic E-state index is 0.00403. The zero-order chi connectivity index (χ0) is 26.7. The minimum atomic E-state index is -3.97. The van der Waals surface area contributed by atoms with Crippen LogP contribution in [0.25, 0.3) is 5.69 Å². The number of hydrogen-bond acceptors (Lipinski definition) is 10. The standard InChI is InChI=1S/C24H32N6O6S/c1-14-10-11-20(36-14)23-27-28-24(30(23)21-18(34-5)8-7-9-19(21)35-6)29-37(31,32)16(3)15(2)22-25-12-17(33-4)13-26-22/h7-9,12-16,20H,10-11H2,1-6H3,(H,28,29)/t14-,15?,16?,20-/m1/s1. The van der Waals surface area contributed by atoms with E-state index in [1.165, 1.54) is 33.7 Å². The maximum Gasteiger partial charge on any atom is 0.243 e. The molecule has 12 nitrogen and oxygen atoms in total. The van der Waals surface area contributed by atoms with E-state index in [1.54, 1.807) is 36.6 Å². The van der Waals surface area contributed by atoms with Crippen LogP contribution in [0.2, 0.25) is 0 Å². The van der Waals surface area contributed by atoms with Gasteiger partial charge in [0.2, 0.25) is 16.0 Å². The number of ether oxygens (including phenoxy) is 4. The van der Waals surface area contributed by atoms with Gasteiger partial charge in [0.25, 0.3) is 0 Å². The van der Waals surface area contributed by atoms with Gasteiger partial charge in [-0.05, 0) is 38.8 Å². The van der Waals surface area contributed by atoms with Crippen molar-refractivity contribution in [3.63, 3.8) is 0 Å². The maximum absolute atomic E-state index is 13.5. The molecule has 1 aromatic carbocycles. The van der Waals surface area contributed by atoms with E-state index in [2.05, 4.69) is 24.9 Å². The summed E-state index contributed by atoms with van der Waals surface area (Å²) in [7, 11) is 0.590. The number of rotatable bonds is 10. The van der Waals surface area contributed by atoms with E-state index in [1.807, 2.05) is 6.92 Å². The second kappa shape index (κ2) is 10.9. The number of nitrogens with zero attached hydrogens (tertiary/aromatic N) is 5. The SMILES string of the molecule is COc1cnc(C(C)C(C)S(=O)(=O)Nc2nnc([C@H]3CC[C@@H](C)O3)n2-c2c(OC)cccc2OC)nc1. The van der Waals surface area contributed by atoms with E-state index < -0.39 is 21.2 Å². The van der Waals surface area contributed by atoms with Gasteiger partial charge in [-0.15, -0.1) is 10.2 Å². The summed E-state index contributed by atoms with van der Waals surface area (Å²) < 4.78 is 53.7. The summed E-state index contributed by atoms with van der Waals surface area (Å²) in [5, 5.41) is 7.65. The minimum Gasteiger partial charge on any atom is -0.494 e. The van der Waals surface area contributed by atoms with Gasteiger partial charge in [0.05, 0.1) is 45.1 Å². The lowest BCUT2D eigenvalue weighted by atomic mass is 10.1. The fourth-order valence-electron chi connectivity index (χ4n) is 4.20. The Morgan fingerprint density at radius 1 is 1.03 bits per heavy atom. The summed E-state index contributed by atoms with van der Waals surface area (Å²) in [5.74, 6) is 1.69. The molecule has 1 fully saturated rings. The first-order chi connectivity index (χ1) is 17.7. The summed E-state index contributed by atoms with van der Waals surface area (Å²) in [4.78, 5) is 8.51. The van der Waals surface area contributed by atoms with Gasteiger partial charge in [0.15, 0.2) is 11.6 Å². The van der Waals surface area contributed by atoms with Crippen LogP contribution < -0.4 is 18.9 Å². The normalized spacial score (nSPS) is 19.3. The van der Waals surface area contributed by atoms with Crippen LogP contribution in [0.4, 0.5) is 5.95 Å². The first kappa shape index (κ1) is 26.6. The lowest BCUT2D eigenvalue weighted by Crippen LogP contribution is -2.31. The molecule has 200 valence electrons. The van der Waals surface area contributed by atoms with Crippen molar-refractivity contribution in [2.24, 2.45) is 0 Å². The van der Waals surface area contributed by atoms with Crippen LogP contribution in [0.1, 0.15) is 57.3 Å². The molecule has 37 heavy (non-hydrogen) atoms. The summed E-state index contributed by atoms with van der Waals surface area (Å²) >= 11 is 0. The van der Waals surface area contributed by atoms with Crippen molar-refractivity contribution in [2.45, 2.75) is 57.0 Å². The van der Waals surface area contributed by atoms with Crippen LogP contribution in [-0.4, -0.2) is 65.8 Å². The molecule has 0 saturated carbocycles. The molecule has 0 aliphatic carbocycles. The highest BCUT2D eigenvalue weighted by Gasteiger charge is 2.35. The molecule has 2 unspecified atom stereocenters. The average Bonchev–Trinajstić information content (AvgIpc) is 3.52. The van der Waals surface area contributed by atoms with Crippen LogP contribution in [0.3, 0.4) is 0 Å². The molecule has 0 amide bonds. The molecule has 1 aliphatic rings. The molecule has 0 spiro atoms. The van der Waals surface area contributed by atoms with E-state index in [0.717, 1.165) is 6.42 Å². The molecule has 2 aromatic heterocycles. The molecular formula is C24H32N6O6S. The Morgan fingerprint density at radius 2 is 1.68 bits per heavy atom. The van der Waals surface area contributed by atoms with Gasteiger partial charge >= 0.3 is 0 Å². The second-order valence-corrected chi connectivity index (χ2v) is 10.9. The Labute approximate surface area is 216 Å². The van der Waals surface area contributed by atoms with E-state index in [-0.39, 0.29) is 18.2 Å². The molecule has 3 aromatic rings. The first-order valence-corrected chi connectivity index (χ1v) is 13.4. The van der Waals surface area contributed by atoms with Gasteiger partial charge in [-0.3, -0.25) is 9.29 Å². The molecule has 1 N–H and O–H groups in total. The van der Waals surface area contributed by atoms with Crippen LogP contribution in [0.5, 0.6) is 17.2 Å². The van der Waals surface area contributed by atoms with Crippen molar-refractivity contribution in [1.82, 2.24) is 24.7 Å². The quantitative estimate of drug-likeness (QED) is 0.414. The number of anilines is 1. The number of hydrogen-bond donors (Lipinski definition) is 1. The first-order valence-electron chi connectivity index (χ1n) is 11.9. The summed E-state index contributed by atoms with van der Waals surface area (Å²) in [5.41, 5.74) is 0.465. The Bertz CT molecular complexity index is 1310. The molecule has 3 heterocycles. The largest absolute Gasteiger partial charge is 0.494 e. The average molecular weight is 533 g/mol. The van der Waals surface area contributed by atoms with Crippen molar-refractivity contribution >= 4 is 16.0 Å².